The highest BCUT2D eigenvalue weighted by molar-refractivity contribution is 7.90. The third-order valence-corrected chi connectivity index (χ3v) is 5.68. The predicted molar refractivity (Wildman–Crippen MR) is 53.9 cm³/mol. The van der Waals surface area contributed by atoms with Crippen molar-refractivity contribution in [1.82, 2.24) is 4.31 Å². The molecule has 2 rings (SSSR count). The van der Waals surface area contributed by atoms with Crippen LogP contribution in [0.2, 0.25) is 0 Å². The molecule has 3 atom stereocenters. The van der Waals surface area contributed by atoms with Crippen molar-refractivity contribution >= 4 is 16.0 Å². The summed E-state index contributed by atoms with van der Waals surface area (Å²) in [5, 5.41) is 7.42. The van der Waals surface area contributed by atoms with Gasteiger partial charge in [-0.25, -0.2) is 8.42 Å². The fourth-order valence-electron chi connectivity index (χ4n) is 2.52. The molecule has 86 valence electrons. The molecule has 1 aliphatic heterocycles. The molecule has 0 spiro atoms. The van der Waals surface area contributed by atoms with Crippen molar-refractivity contribution in [2.75, 3.05) is 6.54 Å². The van der Waals surface area contributed by atoms with Gasteiger partial charge in [0.25, 0.3) is 0 Å². The summed E-state index contributed by atoms with van der Waals surface area (Å²) in [6.45, 7) is 1.76. The van der Waals surface area contributed by atoms with Crippen molar-refractivity contribution in [2.24, 2.45) is 5.92 Å². The maximum atomic E-state index is 11.9. The second-order valence-corrected chi connectivity index (χ2v) is 6.63. The number of hydrogen-bond donors (Lipinski definition) is 1. The van der Waals surface area contributed by atoms with Gasteiger partial charge in [0.1, 0.15) is 0 Å². The highest BCUT2D eigenvalue weighted by atomic mass is 32.2. The Balaban J connectivity index is 2.20. The summed E-state index contributed by atoms with van der Waals surface area (Å²) in [4.78, 5) is 10.7. The summed E-state index contributed by atoms with van der Waals surface area (Å²) in [5.74, 6) is -0.816. The number of sulfonamides is 1. The Hall–Kier alpha value is -0.620. The van der Waals surface area contributed by atoms with Crippen molar-refractivity contribution in [3.05, 3.63) is 0 Å². The van der Waals surface area contributed by atoms with E-state index in [0.717, 1.165) is 19.3 Å². The molecule has 1 saturated heterocycles. The zero-order valence-corrected chi connectivity index (χ0v) is 9.40. The van der Waals surface area contributed by atoms with E-state index in [1.807, 2.05) is 0 Å². The topological polar surface area (TPSA) is 74.7 Å². The van der Waals surface area contributed by atoms with Gasteiger partial charge in [0.15, 0.2) is 5.25 Å². The van der Waals surface area contributed by atoms with Crippen LogP contribution < -0.4 is 0 Å². The van der Waals surface area contributed by atoms with Crippen LogP contribution in [0.5, 0.6) is 0 Å². The lowest BCUT2D eigenvalue weighted by molar-refractivity contribution is -0.136. The van der Waals surface area contributed by atoms with Crippen molar-refractivity contribution in [3.8, 4) is 0 Å². The van der Waals surface area contributed by atoms with E-state index in [-0.39, 0.29) is 6.04 Å². The van der Waals surface area contributed by atoms with Gasteiger partial charge in [-0.3, -0.25) is 4.79 Å². The van der Waals surface area contributed by atoms with E-state index in [2.05, 4.69) is 0 Å². The van der Waals surface area contributed by atoms with E-state index in [1.54, 1.807) is 0 Å². The van der Waals surface area contributed by atoms with Crippen LogP contribution >= 0.6 is 0 Å². The van der Waals surface area contributed by atoms with Crippen molar-refractivity contribution in [1.29, 1.82) is 0 Å². The van der Waals surface area contributed by atoms with Gasteiger partial charge in [0.05, 0.1) is 0 Å². The third kappa shape index (κ3) is 1.65. The molecule has 1 heterocycles. The van der Waals surface area contributed by atoms with Gasteiger partial charge in [0.2, 0.25) is 10.0 Å². The molecule has 2 aliphatic rings. The zero-order valence-electron chi connectivity index (χ0n) is 8.59. The first-order chi connectivity index (χ1) is 6.93. The number of rotatable bonds is 3. The SMILES string of the molecule is CC(C(=O)O)S(=O)(=O)N1CC2CCC1C2. The van der Waals surface area contributed by atoms with Gasteiger partial charge in [-0.05, 0) is 32.1 Å². The first-order valence-electron chi connectivity index (χ1n) is 5.16. The van der Waals surface area contributed by atoms with Crippen LogP contribution in [0, 0.1) is 5.92 Å². The molecule has 6 heteroatoms. The second kappa shape index (κ2) is 3.45. The summed E-state index contributed by atoms with van der Waals surface area (Å²) >= 11 is 0. The Morgan fingerprint density at radius 1 is 1.47 bits per heavy atom. The molecule has 15 heavy (non-hydrogen) atoms. The monoisotopic (exact) mass is 233 g/mol. The first-order valence-corrected chi connectivity index (χ1v) is 6.66. The molecule has 2 bridgehead atoms. The Bertz CT molecular complexity index is 378. The molecule has 5 nitrogen and oxygen atoms in total. The summed E-state index contributed by atoms with van der Waals surface area (Å²) in [6, 6.07) is 0.0572. The molecule has 0 aromatic carbocycles. The van der Waals surface area contributed by atoms with E-state index in [1.165, 1.54) is 11.2 Å². The maximum absolute atomic E-state index is 11.9. The number of piperidine rings is 1. The first kappa shape index (κ1) is 10.9. The van der Waals surface area contributed by atoms with Crippen LogP contribution in [-0.4, -0.2) is 41.6 Å². The highest BCUT2D eigenvalue weighted by Crippen LogP contribution is 2.39. The number of fused-ring (bicyclic) bond motifs is 2. The molecule has 0 amide bonds. The number of hydrogen-bond acceptors (Lipinski definition) is 3. The van der Waals surface area contributed by atoms with Gasteiger partial charge < -0.3 is 5.11 Å². The zero-order chi connectivity index (χ0) is 11.2. The minimum absolute atomic E-state index is 0.0572. The number of nitrogens with zero attached hydrogens (tertiary/aromatic N) is 1. The Morgan fingerprint density at radius 2 is 2.13 bits per heavy atom. The fourth-order valence-corrected chi connectivity index (χ4v) is 4.21. The maximum Gasteiger partial charge on any atom is 0.323 e. The normalized spacial score (nSPS) is 33.1. The highest BCUT2D eigenvalue weighted by Gasteiger charge is 2.46. The van der Waals surface area contributed by atoms with Gasteiger partial charge >= 0.3 is 5.97 Å². The molecule has 1 N–H and O–H groups in total. The molecule has 1 aliphatic carbocycles. The fraction of sp³-hybridized carbons (Fsp3) is 0.889. The van der Waals surface area contributed by atoms with Crippen molar-refractivity contribution in [3.63, 3.8) is 0 Å². The minimum atomic E-state index is -3.64. The number of carbonyl (C=O) groups is 1. The summed E-state index contributed by atoms with van der Waals surface area (Å²) in [7, 11) is -3.64. The largest absolute Gasteiger partial charge is 0.480 e. The van der Waals surface area contributed by atoms with E-state index in [9.17, 15) is 13.2 Å². The van der Waals surface area contributed by atoms with Gasteiger partial charge in [0, 0.05) is 12.6 Å². The van der Waals surface area contributed by atoms with Crippen LogP contribution in [0.25, 0.3) is 0 Å². The quantitative estimate of drug-likeness (QED) is 0.759. The lowest BCUT2D eigenvalue weighted by Crippen LogP contribution is -2.44. The van der Waals surface area contributed by atoms with Gasteiger partial charge in [-0.2, -0.15) is 4.31 Å². The number of aliphatic carboxylic acids is 1. The molecular weight excluding hydrogens is 218 g/mol. The lowest BCUT2D eigenvalue weighted by Gasteiger charge is -2.27. The molecule has 0 aromatic heterocycles. The molecule has 0 aromatic rings. The van der Waals surface area contributed by atoms with Crippen LogP contribution in [-0.2, 0) is 14.8 Å². The molecule has 0 radical (unpaired) electrons. The van der Waals surface area contributed by atoms with Crippen LogP contribution in [0.1, 0.15) is 26.2 Å². The average Bonchev–Trinajstić information content (AvgIpc) is 2.77. The Morgan fingerprint density at radius 3 is 2.53 bits per heavy atom. The van der Waals surface area contributed by atoms with Gasteiger partial charge in [-0.15, -0.1) is 0 Å². The van der Waals surface area contributed by atoms with Crippen molar-refractivity contribution < 1.29 is 18.3 Å². The summed E-state index contributed by atoms with van der Waals surface area (Å²) in [6.07, 6.45) is 2.87. The van der Waals surface area contributed by atoms with Crippen LogP contribution in [0.15, 0.2) is 0 Å². The van der Waals surface area contributed by atoms with Crippen LogP contribution in [0.4, 0.5) is 0 Å². The Labute approximate surface area is 89.1 Å². The van der Waals surface area contributed by atoms with Crippen LogP contribution in [0.3, 0.4) is 0 Å². The second-order valence-electron chi connectivity index (χ2n) is 4.43. The molecule has 3 unspecified atom stereocenters. The van der Waals surface area contributed by atoms with E-state index in [4.69, 9.17) is 5.11 Å². The molecular formula is C9H15NO4S. The van der Waals surface area contributed by atoms with Gasteiger partial charge in [-0.1, -0.05) is 0 Å². The number of carboxylic acids is 1. The van der Waals surface area contributed by atoms with Crippen molar-refractivity contribution in [2.45, 2.75) is 37.5 Å². The van der Waals surface area contributed by atoms with E-state index in [0.29, 0.717) is 12.5 Å². The Kier molecular flexibility index (Phi) is 2.50. The van der Waals surface area contributed by atoms with E-state index >= 15 is 0 Å². The average molecular weight is 233 g/mol. The summed E-state index contributed by atoms with van der Waals surface area (Å²) in [5.41, 5.74) is 0. The minimum Gasteiger partial charge on any atom is -0.480 e. The molecule has 2 fully saturated rings. The molecule has 1 saturated carbocycles. The number of carboxylic acid groups (broad SMARTS) is 1. The van der Waals surface area contributed by atoms with E-state index < -0.39 is 21.2 Å². The summed E-state index contributed by atoms with van der Waals surface area (Å²) < 4.78 is 25.2. The smallest absolute Gasteiger partial charge is 0.323 e. The standard InChI is InChI=1S/C9H15NO4S/c1-6(9(11)12)15(13,14)10-5-7-2-3-8(10)4-7/h6-8H,2-5H2,1H3,(H,11,12). The predicted octanol–water partition coefficient (Wildman–Crippen LogP) is 0.274. The third-order valence-electron chi connectivity index (χ3n) is 3.48. The lowest BCUT2D eigenvalue weighted by atomic mass is 10.1.